The zero-order valence-corrected chi connectivity index (χ0v) is 20.5. The van der Waals surface area contributed by atoms with Gasteiger partial charge in [0.15, 0.2) is 5.82 Å². The number of para-hydroxylation sites is 1. The van der Waals surface area contributed by atoms with Crippen LogP contribution in [0.25, 0.3) is 10.9 Å². The number of hydrogen-bond donors (Lipinski definition) is 1. The second kappa shape index (κ2) is 8.95. The third-order valence-corrected chi connectivity index (χ3v) is 7.78. The van der Waals surface area contributed by atoms with Crippen molar-refractivity contribution in [2.24, 2.45) is 0 Å². The molecule has 7 nitrogen and oxygen atoms in total. The summed E-state index contributed by atoms with van der Waals surface area (Å²) >= 11 is 0. The minimum absolute atomic E-state index is 0.0752. The van der Waals surface area contributed by atoms with Crippen molar-refractivity contribution in [3.05, 3.63) is 80.9 Å². The number of aromatic amines is 1. The topological polar surface area (TPSA) is 79.7 Å². The zero-order chi connectivity index (χ0) is 23.9. The van der Waals surface area contributed by atoms with E-state index in [2.05, 4.69) is 75.7 Å². The largest absolute Gasteiger partial charge is 0.357 e. The summed E-state index contributed by atoms with van der Waals surface area (Å²) < 4.78 is 2.02. The fraction of sp³-hybridized carbons (Fsp3) is 0.429. The summed E-state index contributed by atoms with van der Waals surface area (Å²) in [4.78, 5) is 19.2. The van der Waals surface area contributed by atoms with Gasteiger partial charge in [0.1, 0.15) is 6.04 Å². The highest BCUT2D eigenvalue weighted by molar-refractivity contribution is 5.83. The van der Waals surface area contributed by atoms with Crippen molar-refractivity contribution in [2.75, 3.05) is 11.4 Å². The van der Waals surface area contributed by atoms with Crippen molar-refractivity contribution in [1.29, 1.82) is 0 Å². The van der Waals surface area contributed by atoms with Gasteiger partial charge in [-0.15, -0.1) is 5.10 Å². The molecule has 0 bridgehead atoms. The lowest BCUT2D eigenvalue weighted by molar-refractivity contribution is 0.313. The van der Waals surface area contributed by atoms with Gasteiger partial charge in [0, 0.05) is 28.7 Å². The molecular formula is C28H32N6O. The van der Waals surface area contributed by atoms with Crippen molar-refractivity contribution in [1.82, 2.24) is 25.2 Å². The van der Waals surface area contributed by atoms with Crippen LogP contribution in [0.2, 0.25) is 0 Å². The maximum Gasteiger partial charge on any atom is 0.254 e. The summed E-state index contributed by atoms with van der Waals surface area (Å²) in [5.41, 5.74) is 6.28. The molecule has 0 amide bonds. The van der Waals surface area contributed by atoms with E-state index in [0.717, 1.165) is 60.1 Å². The van der Waals surface area contributed by atoms with Crippen molar-refractivity contribution in [3.63, 3.8) is 0 Å². The second-order valence-electron chi connectivity index (χ2n) is 10.2. The molecule has 1 fully saturated rings. The number of pyridine rings is 1. The van der Waals surface area contributed by atoms with Gasteiger partial charge < -0.3 is 9.88 Å². The van der Waals surface area contributed by atoms with Crippen LogP contribution in [-0.2, 0) is 6.42 Å². The molecule has 2 aromatic heterocycles. The molecule has 2 aliphatic rings. The monoisotopic (exact) mass is 468 g/mol. The van der Waals surface area contributed by atoms with E-state index in [4.69, 9.17) is 0 Å². The Kier molecular flexibility index (Phi) is 5.63. The standard InChI is InChI=1S/C28H32N6O/c1-18-15-19(2)22-17-23(28(35)29-24(22)16-18)26(33-14-8-10-20-9-6-7-13-25(20)33)27-30-31-32-34(27)21-11-4-3-5-12-21/h6-7,9,13,15-17,21,26H,3-5,8,10-12,14H2,1-2H3,(H,29,35)/t26-/m1/s1. The summed E-state index contributed by atoms with van der Waals surface area (Å²) in [6.07, 6.45) is 7.87. The van der Waals surface area contributed by atoms with Crippen LogP contribution in [0.4, 0.5) is 5.69 Å². The number of benzene rings is 2. The second-order valence-corrected chi connectivity index (χ2v) is 10.2. The van der Waals surface area contributed by atoms with E-state index in [1.807, 2.05) is 10.7 Å². The number of aryl methyl sites for hydroxylation is 3. The van der Waals surface area contributed by atoms with Crippen LogP contribution < -0.4 is 10.5 Å². The first-order valence-corrected chi connectivity index (χ1v) is 12.9. The quantitative estimate of drug-likeness (QED) is 0.446. The molecule has 35 heavy (non-hydrogen) atoms. The molecule has 1 aliphatic carbocycles. The maximum absolute atomic E-state index is 13.7. The van der Waals surface area contributed by atoms with Gasteiger partial charge in [0.05, 0.1) is 6.04 Å². The molecule has 1 saturated carbocycles. The third-order valence-electron chi connectivity index (χ3n) is 7.78. The lowest BCUT2D eigenvalue weighted by atomic mass is 9.93. The molecule has 0 spiro atoms. The molecule has 0 unspecified atom stereocenters. The van der Waals surface area contributed by atoms with E-state index in [-0.39, 0.29) is 17.6 Å². The lowest BCUT2D eigenvalue weighted by Gasteiger charge is -2.38. The Bertz CT molecular complexity index is 1430. The summed E-state index contributed by atoms with van der Waals surface area (Å²) in [7, 11) is 0. The summed E-state index contributed by atoms with van der Waals surface area (Å²) in [6, 6.07) is 14.7. The van der Waals surface area contributed by atoms with Crippen LogP contribution in [0.3, 0.4) is 0 Å². The van der Waals surface area contributed by atoms with E-state index >= 15 is 0 Å². The van der Waals surface area contributed by atoms with Crippen LogP contribution >= 0.6 is 0 Å². The number of aromatic nitrogens is 5. The first kappa shape index (κ1) is 22.0. The predicted octanol–water partition coefficient (Wildman–Crippen LogP) is 5.18. The van der Waals surface area contributed by atoms with E-state index in [9.17, 15) is 4.79 Å². The minimum Gasteiger partial charge on any atom is -0.357 e. The number of nitrogens with zero attached hydrogens (tertiary/aromatic N) is 5. The molecule has 7 heteroatoms. The van der Waals surface area contributed by atoms with Crippen molar-refractivity contribution < 1.29 is 0 Å². The van der Waals surface area contributed by atoms with E-state index in [1.54, 1.807) is 0 Å². The molecule has 2 aromatic carbocycles. The number of hydrogen-bond acceptors (Lipinski definition) is 5. The average molecular weight is 469 g/mol. The SMILES string of the molecule is Cc1cc(C)c2cc([C@H](c3nnnn3C3CCCCC3)N3CCCc4ccccc43)c(=O)[nH]c2c1. The smallest absolute Gasteiger partial charge is 0.254 e. The molecule has 0 radical (unpaired) electrons. The maximum atomic E-state index is 13.7. The van der Waals surface area contributed by atoms with Crippen LogP contribution in [0.5, 0.6) is 0 Å². The molecule has 4 aromatic rings. The fourth-order valence-electron chi connectivity index (χ4n) is 6.14. The number of anilines is 1. The Balaban J connectivity index is 1.57. The zero-order valence-electron chi connectivity index (χ0n) is 20.5. The highest BCUT2D eigenvalue weighted by atomic mass is 16.1. The summed E-state index contributed by atoms with van der Waals surface area (Å²) in [5, 5.41) is 14.3. The molecule has 6 rings (SSSR count). The Morgan fingerprint density at radius 2 is 1.86 bits per heavy atom. The van der Waals surface area contributed by atoms with Crippen molar-refractivity contribution >= 4 is 16.6 Å². The Morgan fingerprint density at radius 3 is 2.71 bits per heavy atom. The van der Waals surface area contributed by atoms with Crippen molar-refractivity contribution in [3.8, 4) is 0 Å². The van der Waals surface area contributed by atoms with Gasteiger partial charge in [-0.25, -0.2) is 4.68 Å². The number of nitrogens with one attached hydrogen (secondary N) is 1. The van der Waals surface area contributed by atoms with Gasteiger partial charge in [-0.2, -0.15) is 0 Å². The average Bonchev–Trinajstić information content (AvgIpc) is 3.35. The van der Waals surface area contributed by atoms with Gasteiger partial charge in [-0.1, -0.05) is 43.5 Å². The van der Waals surface area contributed by atoms with Crippen LogP contribution in [0, 0.1) is 13.8 Å². The number of fused-ring (bicyclic) bond motifs is 2. The van der Waals surface area contributed by atoms with Gasteiger partial charge in [-0.3, -0.25) is 4.79 Å². The van der Waals surface area contributed by atoms with Gasteiger partial charge >= 0.3 is 0 Å². The molecule has 3 heterocycles. The summed E-state index contributed by atoms with van der Waals surface area (Å²) in [5.74, 6) is 0.767. The van der Waals surface area contributed by atoms with E-state index in [1.165, 1.54) is 30.5 Å². The fourth-order valence-corrected chi connectivity index (χ4v) is 6.14. The first-order valence-electron chi connectivity index (χ1n) is 12.9. The molecule has 1 atom stereocenters. The highest BCUT2D eigenvalue weighted by Gasteiger charge is 2.35. The van der Waals surface area contributed by atoms with Crippen LogP contribution in [0.15, 0.2) is 47.3 Å². The first-order chi connectivity index (χ1) is 17.1. The van der Waals surface area contributed by atoms with Crippen LogP contribution in [-0.4, -0.2) is 31.7 Å². The molecule has 180 valence electrons. The van der Waals surface area contributed by atoms with Crippen molar-refractivity contribution in [2.45, 2.75) is 70.9 Å². The lowest BCUT2D eigenvalue weighted by Crippen LogP contribution is -2.39. The molecule has 1 N–H and O–H groups in total. The van der Waals surface area contributed by atoms with E-state index < -0.39 is 0 Å². The van der Waals surface area contributed by atoms with Gasteiger partial charge in [0.25, 0.3) is 5.56 Å². The summed E-state index contributed by atoms with van der Waals surface area (Å²) in [6.45, 7) is 5.02. The highest BCUT2D eigenvalue weighted by Crippen LogP contribution is 2.38. The Morgan fingerprint density at radius 1 is 1.03 bits per heavy atom. The Labute approximate surface area is 205 Å². The van der Waals surface area contributed by atoms with Crippen LogP contribution in [0.1, 0.15) is 78.7 Å². The number of rotatable bonds is 4. The minimum atomic E-state index is -0.359. The predicted molar refractivity (Wildman–Crippen MR) is 138 cm³/mol. The number of tetrazole rings is 1. The normalized spacial score (nSPS) is 17.5. The van der Waals surface area contributed by atoms with Gasteiger partial charge in [0.2, 0.25) is 0 Å². The Hall–Kier alpha value is -3.48. The van der Waals surface area contributed by atoms with E-state index in [0.29, 0.717) is 5.56 Å². The molecular weight excluding hydrogens is 436 g/mol. The molecule has 0 saturated heterocycles. The number of H-pyrrole nitrogens is 1. The van der Waals surface area contributed by atoms with Gasteiger partial charge in [-0.05, 0) is 84.8 Å². The molecule has 1 aliphatic heterocycles. The third kappa shape index (κ3) is 3.93.